The van der Waals surface area contributed by atoms with Gasteiger partial charge < -0.3 is 16.2 Å². The number of nitrogens with two attached hydrogens (primary N) is 1. The third-order valence-electron chi connectivity index (χ3n) is 3.50. The lowest BCUT2D eigenvalue weighted by Gasteiger charge is -2.27. The van der Waals surface area contributed by atoms with Crippen LogP contribution in [0.4, 0.5) is 0 Å². The number of aliphatic hydroxyl groups excluding tert-OH is 1. The van der Waals surface area contributed by atoms with Gasteiger partial charge in [0.15, 0.2) is 0 Å². The number of aliphatic hydroxyl groups is 1. The average molecular weight is 244 g/mol. The molecule has 1 amide bonds. The minimum atomic E-state index is -0.480. The molecule has 17 heavy (non-hydrogen) atoms. The Hall–Kier alpha value is -0.610. The Kier molecular flexibility index (Phi) is 8.17. The van der Waals surface area contributed by atoms with Gasteiger partial charge in [-0.3, -0.25) is 4.79 Å². The highest BCUT2D eigenvalue weighted by Gasteiger charge is 2.23. The molecule has 4 nitrogen and oxygen atoms in total. The van der Waals surface area contributed by atoms with Crippen molar-refractivity contribution >= 4 is 5.91 Å². The highest BCUT2D eigenvalue weighted by molar-refractivity contribution is 5.76. The van der Waals surface area contributed by atoms with E-state index in [4.69, 9.17) is 5.73 Å². The zero-order chi connectivity index (χ0) is 13.3. The molecule has 0 heterocycles. The van der Waals surface area contributed by atoms with Crippen molar-refractivity contribution in [3.8, 4) is 0 Å². The molecule has 0 aliphatic carbocycles. The zero-order valence-electron chi connectivity index (χ0n) is 11.5. The van der Waals surface area contributed by atoms with Gasteiger partial charge in [0.1, 0.15) is 0 Å². The summed E-state index contributed by atoms with van der Waals surface area (Å²) in [6.45, 7) is 6.61. The fraction of sp³-hybridized carbons (Fsp3) is 0.923. The standard InChI is InChI=1S/C13H28N2O2/c1-4-11(8-9-14)6-7-12(17)15-13(3,5-2)10-16/h11,16H,4-10,14H2,1-3H3,(H,15,17). The first-order chi connectivity index (χ1) is 8.01. The molecule has 4 N–H and O–H groups in total. The summed E-state index contributed by atoms with van der Waals surface area (Å²) in [7, 11) is 0. The lowest BCUT2D eigenvalue weighted by molar-refractivity contribution is -0.123. The Balaban J connectivity index is 4.01. The highest BCUT2D eigenvalue weighted by atomic mass is 16.3. The SMILES string of the molecule is CCC(CCN)CCC(=O)NC(C)(CC)CO. The molecule has 0 fully saturated rings. The summed E-state index contributed by atoms with van der Waals surface area (Å²) in [5.41, 5.74) is 5.04. The molecule has 0 spiro atoms. The summed E-state index contributed by atoms with van der Waals surface area (Å²) in [6.07, 6.45) is 4.18. The predicted octanol–water partition coefficient (Wildman–Crippen LogP) is 1.42. The maximum Gasteiger partial charge on any atom is 0.220 e. The summed E-state index contributed by atoms with van der Waals surface area (Å²) in [5, 5.41) is 12.1. The molecule has 0 saturated carbocycles. The second-order valence-electron chi connectivity index (χ2n) is 5.01. The van der Waals surface area contributed by atoms with Crippen LogP contribution < -0.4 is 11.1 Å². The van der Waals surface area contributed by atoms with Crippen LogP contribution in [0.15, 0.2) is 0 Å². The number of hydrogen-bond acceptors (Lipinski definition) is 3. The van der Waals surface area contributed by atoms with Gasteiger partial charge in [-0.2, -0.15) is 0 Å². The minimum absolute atomic E-state index is 0.0186. The van der Waals surface area contributed by atoms with Gasteiger partial charge in [-0.1, -0.05) is 20.3 Å². The van der Waals surface area contributed by atoms with Crippen LogP contribution in [0.3, 0.4) is 0 Å². The van der Waals surface area contributed by atoms with Gasteiger partial charge in [0.25, 0.3) is 0 Å². The fourth-order valence-corrected chi connectivity index (χ4v) is 1.76. The Labute approximate surface area is 105 Å². The van der Waals surface area contributed by atoms with Crippen molar-refractivity contribution in [1.29, 1.82) is 0 Å². The van der Waals surface area contributed by atoms with E-state index < -0.39 is 5.54 Å². The monoisotopic (exact) mass is 244 g/mol. The van der Waals surface area contributed by atoms with E-state index in [0.717, 1.165) is 25.7 Å². The number of rotatable bonds is 9. The summed E-state index contributed by atoms with van der Waals surface area (Å²) < 4.78 is 0. The van der Waals surface area contributed by atoms with Crippen LogP contribution in [0.1, 0.15) is 52.9 Å². The summed E-state index contributed by atoms with van der Waals surface area (Å²) in [6, 6.07) is 0. The van der Waals surface area contributed by atoms with E-state index in [-0.39, 0.29) is 12.5 Å². The van der Waals surface area contributed by atoms with Crippen LogP contribution >= 0.6 is 0 Å². The van der Waals surface area contributed by atoms with Gasteiger partial charge in [-0.15, -0.1) is 0 Å². The molecule has 0 rings (SSSR count). The van der Waals surface area contributed by atoms with Crippen LogP contribution in [-0.2, 0) is 4.79 Å². The molecule has 102 valence electrons. The van der Waals surface area contributed by atoms with Gasteiger partial charge in [-0.25, -0.2) is 0 Å². The largest absolute Gasteiger partial charge is 0.394 e. The van der Waals surface area contributed by atoms with E-state index in [9.17, 15) is 9.90 Å². The molecule has 4 heteroatoms. The summed E-state index contributed by atoms with van der Waals surface area (Å²) in [5.74, 6) is 0.562. The molecule has 0 aromatic carbocycles. The first-order valence-electron chi connectivity index (χ1n) is 6.63. The van der Waals surface area contributed by atoms with Crippen LogP contribution in [0.25, 0.3) is 0 Å². The van der Waals surface area contributed by atoms with Crippen molar-refractivity contribution < 1.29 is 9.90 Å². The first-order valence-corrected chi connectivity index (χ1v) is 6.63. The van der Waals surface area contributed by atoms with Crippen molar-refractivity contribution in [3.63, 3.8) is 0 Å². The van der Waals surface area contributed by atoms with E-state index in [2.05, 4.69) is 12.2 Å². The number of carbonyl (C=O) groups is 1. The molecular formula is C13H28N2O2. The molecule has 0 aromatic heterocycles. The van der Waals surface area contributed by atoms with E-state index in [1.54, 1.807) is 0 Å². The number of carbonyl (C=O) groups excluding carboxylic acids is 1. The van der Waals surface area contributed by atoms with Crippen LogP contribution in [-0.4, -0.2) is 29.7 Å². The van der Waals surface area contributed by atoms with Crippen LogP contribution in [0.2, 0.25) is 0 Å². The number of amides is 1. The van der Waals surface area contributed by atoms with E-state index >= 15 is 0 Å². The zero-order valence-corrected chi connectivity index (χ0v) is 11.5. The summed E-state index contributed by atoms with van der Waals surface area (Å²) >= 11 is 0. The lowest BCUT2D eigenvalue weighted by Crippen LogP contribution is -2.48. The molecule has 2 unspecified atom stereocenters. The number of nitrogens with one attached hydrogen (secondary N) is 1. The second-order valence-corrected chi connectivity index (χ2v) is 5.01. The third-order valence-corrected chi connectivity index (χ3v) is 3.50. The van der Waals surface area contributed by atoms with Crippen LogP contribution in [0.5, 0.6) is 0 Å². The Bertz CT molecular complexity index is 215. The third kappa shape index (κ3) is 6.64. The van der Waals surface area contributed by atoms with E-state index in [1.165, 1.54) is 0 Å². The van der Waals surface area contributed by atoms with Gasteiger partial charge in [-0.05, 0) is 38.6 Å². The van der Waals surface area contributed by atoms with Crippen molar-refractivity contribution in [2.45, 2.75) is 58.4 Å². The highest BCUT2D eigenvalue weighted by Crippen LogP contribution is 2.15. The number of hydrogen-bond donors (Lipinski definition) is 3. The van der Waals surface area contributed by atoms with Crippen molar-refractivity contribution in [3.05, 3.63) is 0 Å². The summed E-state index contributed by atoms with van der Waals surface area (Å²) in [4.78, 5) is 11.7. The molecule has 0 aliphatic rings. The molecule has 0 radical (unpaired) electrons. The molecule has 2 atom stereocenters. The van der Waals surface area contributed by atoms with Gasteiger partial charge >= 0.3 is 0 Å². The van der Waals surface area contributed by atoms with E-state index in [0.29, 0.717) is 18.9 Å². The molecular weight excluding hydrogens is 216 g/mol. The fourth-order valence-electron chi connectivity index (χ4n) is 1.76. The maximum atomic E-state index is 11.7. The smallest absolute Gasteiger partial charge is 0.220 e. The maximum absolute atomic E-state index is 11.7. The molecule has 0 saturated heterocycles. The Morgan fingerprint density at radius 2 is 2.06 bits per heavy atom. The Morgan fingerprint density at radius 3 is 2.47 bits per heavy atom. The molecule has 0 bridgehead atoms. The average Bonchev–Trinajstić information content (AvgIpc) is 2.34. The van der Waals surface area contributed by atoms with Gasteiger partial charge in [0.2, 0.25) is 5.91 Å². The van der Waals surface area contributed by atoms with Crippen molar-refractivity contribution in [2.75, 3.05) is 13.2 Å². The topological polar surface area (TPSA) is 75.4 Å². The quantitative estimate of drug-likeness (QED) is 0.574. The molecule has 0 aliphatic heterocycles. The normalized spacial score (nSPS) is 16.3. The lowest BCUT2D eigenvalue weighted by atomic mass is 9.95. The van der Waals surface area contributed by atoms with Gasteiger partial charge in [0.05, 0.1) is 12.1 Å². The second kappa shape index (κ2) is 8.48. The van der Waals surface area contributed by atoms with Crippen molar-refractivity contribution in [1.82, 2.24) is 5.32 Å². The first kappa shape index (κ1) is 16.4. The Morgan fingerprint density at radius 1 is 1.41 bits per heavy atom. The van der Waals surface area contributed by atoms with Crippen molar-refractivity contribution in [2.24, 2.45) is 11.7 Å². The van der Waals surface area contributed by atoms with E-state index in [1.807, 2.05) is 13.8 Å². The van der Waals surface area contributed by atoms with Crippen LogP contribution in [0, 0.1) is 5.92 Å². The van der Waals surface area contributed by atoms with Gasteiger partial charge in [0, 0.05) is 6.42 Å². The molecule has 0 aromatic rings. The minimum Gasteiger partial charge on any atom is -0.394 e. The predicted molar refractivity (Wildman–Crippen MR) is 70.6 cm³/mol.